The van der Waals surface area contributed by atoms with Gasteiger partial charge in [0.2, 0.25) is 0 Å². The van der Waals surface area contributed by atoms with Gasteiger partial charge in [0.15, 0.2) is 0 Å². The smallest absolute Gasteiger partial charge is 0.450 e. The van der Waals surface area contributed by atoms with Gasteiger partial charge in [-0.1, -0.05) is 30.0 Å². The molecule has 0 saturated carbocycles. The highest BCUT2D eigenvalue weighted by Gasteiger charge is 2.05. The summed E-state index contributed by atoms with van der Waals surface area (Å²) in [7, 11) is 0. The van der Waals surface area contributed by atoms with Crippen molar-refractivity contribution in [2.75, 3.05) is 0 Å². The molecule has 0 radical (unpaired) electrons. The van der Waals surface area contributed by atoms with Gasteiger partial charge >= 0.3 is 6.16 Å². The monoisotopic (exact) mass is 222 g/mol. The highest BCUT2D eigenvalue weighted by Crippen LogP contribution is 2.00. The molecule has 3 N–H and O–H groups in total. The molecule has 0 saturated heterocycles. The third kappa shape index (κ3) is 10.1. The lowest BCUT2D eigenvalue weighted by atomic mass is 10.1. The zero-order valence-electron chi connectivity index (χ0n) is 9.14. The minimum atomic E-state index is -1.83. The van der Waals surface area contributed by atoms with Crippen LogP contribution in [0.4, 0.5) is 4.79 Å². The molecule has 86 valence electrons. The van der Waals surface area contributed by atoms with Crippen molar-refractivity contribution in [2.24, 2.45) is 0 Å². The van der Waals surface area contributed by atoms with Crippen LogP contribution in [0.2, 0.25) is 0 Å². The fourth-order valence-electron chi connectivity index (χ4n) is 0.747. The van der Waals surface area contributed by atoms with E-state index >= 15 is 0 Å². The van der Waals surface area contributed by atoms with Crippen LogP contribution in [-0.4, -0.2) is 27.1 Å². The Morgan fingerprint density at radius 3 is 2.00 bits per heavy atom. The van der Waals surface area contributed by atoms with Gasteiger partial charge in [-0.25, -0.2) is 4.79 Å². The Morgan fingerprint density at radius 1 is 1.19 bits per heavy atom. The van der Waals surface area contributed by atoms with Crippen LogP contribution < -0.4 is 0 Å². The largest absolute Gasteiger partial charge is 0.503 e. The topological polar surface area (TPSA) is 77.8 Å². The predicted molar refractivity (Wildman–Crippen MR) is 60.3 cm³/mol. The molecule has 0 unspecified atom stereocenters. The van der Waals surface area contributed by atoms with E-state index in [2.05, 4.69) is 11.8 Å². The van der Waals surface area contributed by atoms with E-state index in [1.165, 1.54) is 0 Å². The van der Waals surface area contributed by atoms with E-state index in [1.807, 2.05) is 30.3 Å². The molecule has 1 rings (SSSR count). The molecule has 4 heteroatoms. The molecule has 0 spiro atoms. The highest BCUT2D eigenvalue weighted by molar-refractivity contribution is 5.53. The van der Waals surface area contributed by atoms with Crippen LogP contribution >= 0.6 is 0 Å². The van der Waals surface area contributed by atoms with Crippen LogP contribution in [0.25, 0.3) is 0 Å². The predicted octanol–water partition coefficient (Wildman–Crippen LogP) is 2.03. The summed E-state index contributed by atoms with van der Waals surface area (Å²) < 4.78 is 0. The fraction of sp³-hybridized carbons (Fsp3) is 0.250. The van der Waals surface area contributed by atoms with Gasteiger partial charge in [0.25, 0.3) is 0 Å². The molecule has 0 aromatic heterocycles. The average Bonchev–Trinajstić information content (AvgIpc) is 2.14. The van der Waals surface area contributed by atoms with Crippen molar-refractivity contribution in [3.8, 4) is 11.8 Å². The van der Waals surface area contributed by atoms with Gasteiger partial charge in [-0.05, 0) is 26.0 Å². The van der Waals surface area contributed by atoms with E-state index in [4.69, 9.17) is 15.0 Å². The second-order valence-corrected chi connectivity index (χ2v) is 3.46. The first-order chi connectivity index (χ1) is 7.31. The summed E-state index contributed by atoms with van der Waals surface area (Å²) in [5.74, 6) is 5.63. The Kier molecular flexibility index (Phi) is 5.68. The van der Waals surface area contributed by atoms with Gasteiger partial charge in [0.05, 0.1) is 0 Å². The van der Waals surface area contributed by atoms with Gasteiger partial charge in [0.1, 0.15) is 5.60 Å². The first-order valence-corrected chi connectivity index (χ1v) is 4.54. The molecule has 0 aliphatic carbocycles. The SMILES string of the molecule is CC(C)(O)C#Cc1ccccc1.O=C(O)O. The van der Waals surface area contributed by atoms with Crippen LogP contribution in [-0.2, 0) is 0 Å². The van der Waals surface area contributed by atoms with Crippen LogP contribution in [0, 0.1) is 11.8 Å². The summed E-state index contributed by atoms with van der Waals surface area (Å²) in [6.45, 7) is 3.34. The lowest BCUT2D eigenvalue weighted by molar-refractivity contribution is 0.136. The van der Waals surface area contributed by atoms with Crippen molar-refractivity contribution in [1.82, 2.24) is 0 Å². The second-order valence-electron chi connectivity index (χ2n) is 3.46. The molecule has 0 fully saturated rings. The van der Waals surface area contributed by atoms with Crippen LogP contribution in [0.1, 0.15) is 19.4 Å². The average molecular weight is 222 g/mol. The van der Waals surface area contributed by atoms with Gasteiger partial charge in [0, 0.05) is 5.56 Å². The number of hydrogen-bond donors (Lipinski definition) is 3. The molecule has 0 amide bonds. The van der Waals surface area contributed by atoms with Gasteiger partial charge in [-0.3, -0.25) is 0 Å². The number of benzene rings is 1. The van der Waals surface area contributed by atoms with Crippen LogP contribution in [0.15, 0.2) is 30.3 Å². The summed E-state index contributed by atoms with van der Waals surface area (Å²) >= 11 is 0. The van der Waals surface area contributed by atoms with Crippen molar-refractivity contribution in [3.05, 3.63) is 35.9 Å². The van der Waals surface area contributed by atoms with E-state index in [9.17, 15) is 5.11 Å². The van der Waals surface area contributed by atoms with Crippen LogP contribution in [0.5, 0.6) is 0 Å². The Labute approximate surface area is 94.2 Å². The Morgan fingerprint density at radius 2 is 1.62 bits per heavy atom. The van der Waals surface area contributed by atoms with Crippen molar-refractivity contribution in [2.45, 2.75) is 19.4 Å². The third-order valence-electron chi connectivity index (χ3n) is 1.29. The fourth-order valence-corrected chi connectivity index (χ4v) is 0.747. The van der Waals surface area contributed by atoms with E-state index in [-0.39, 0.29) is 0 Å². The third-order valence-corrected chi connectivity index (χ3v) is 1.29. The molecule has 0 heterocycles. The van der Waals surface area contributed by atoms with E-state index in [0.29, 0.717) is 0 Å². The summed E-state index contributed by atoms with van der Waals surface area (Å²) in [4.78, 5) is 8.56. The second kappa shape index (κ2) is 6.49. The molecule has 1 aromatic carbocycles. The minimum Gasteiger partial charge on any atom is -0.450 e. The molecular weight excluding hydrogens is 208 g/mol. The highest BCUT2D eigenvalue weighted by atomic mass is 16.6. The Balaban J connectivity index is 0.000000487. The molecule has 0 atom stereocenters. The van der Waals surface area contributed by atoms with Crippen LogP contribution in [0.3, 0.4) is 0 Å². The summed E-state index contributed by atoms with van der Waals surface area (Å²) in [5.41, 5.74) is 0.0233. The molecule has 0 aliphatic rings. The number of carboxylic acid groups (broad SMARTS) is 2. The number of carbonyl (C=O) groups is 1. The van der Waals surface area contributed by atoms with Gasteiger partial charge in [-0.2, -0.15) is 0 Å². The number of rotatable bonds is 0. The lowest BCUT2D eigenvalue weighted by Crippen LogP contribution is -2.14. The molecule has 0 aliphatic heterocycles. The summed E-state index contributed by atoms with van der Waals surface area (Å²) in [5, 5.41) is 23.2. The quantitative estimate of drug-likeness (QED) is 0.587. The Bertz CT molecular complexity index is 375. The molecule has 1 aromatic rings. The van der Waals surface area contributed by atoms with Gasteiger partial charge in [-0.15, -0.1) is 0 Å². The maximum atomic E-state index is 9.31. The number of aliphatic hydroxyl groups is 1. The van der Waals surface area contributed by atoms with Gasteiger partial charge < -0.3 is 15.3 Å². The zero-order chi connectivity index (χ0) is 12.6. The van der Waals surface area contributed by atoms with Crippen molar-refractivity contribution in [1.29, 1.82) is 0 Å². The maximum Gasteiger partial charge on any atom is 0.503 e. The molecule has 16 heavy (non-hydrogen) atoms. The van der Waals surface area contributed by atoms with Crippen molar-refractivity contribution < 1.29 is 20.1 Å². The summed E-state index contributed by atoms with van der Waals surface area (Å²) in [6, 6.07) is 9.62. The summed E-state index contributed by atoms with van der Waals surface area (Å²) in [6.07, 6.45) is -1.83. The first kappa shape index (κ1) is 14.0. The lowest BCUT2D eigenvalue weighted by Gasteiger charge is -2.05. The standard InChI is InChI=1S/C11H12O.CH2O3/c1-11(2,12)9-8-10-6-4-3-5-7-10;2-1(3)4/h3-7,12H,1-2H3;(H2,2,3,4). The molecular formula is C12H14O4. The maximum absolute atomic E-state index is 9.31. The van der Waals surface area contributed by atoms with Crippen molar-refractivity contribution >= 4 is 6.16 Å². The molecule has 4 nitrogen and oxygen atoms in total. The normalized spacial score (nSPS) is 9.19. The zero-order valence-corrected chi connectivity index (χ0v) is 9.14. The van der Waals surface area contributed by atoms with E-state index in [1.54, 1.807) is 13.8 Å². The van der Waals surface area contributed by atoms with E-state index in [0.717, 1.165) is 5.56 Å². The van der Waals surface area contributed by atoms with Crippen molar-refractivity contribution in [3.63, 3.8) is 0 Å². The first-order valence-electron chi connectivity index (χ1n) is 4.54. The van der Waals surface area contributed by atoms with E-state index < -0.39 is 11.8 Å². The minimum absolute atomic E-state index is 0.907. The molecule has 0 bridgehead atoms. The Hall–Kier alpha value is -1.99. The number of hydrogen-bond acceptors (Lipinski definition) is 2.